The van der Waals surface area contributed by atoms with Crippen LogP contribution in [0.5, 0.6) is 0 Å². The van der Waals surface area contributed by atoms with Gasteiger partial charge >= 0.3 is 0 Å². The lowest BCUT2D eigenvalue weighted by atomic mass is 10.0. The molecule has 152 valence electrons. The van der Waals surface area contributed by atoms with Gasteiger partial charge in [-0.3, -0.25) is 9.69 Å². The van der Waals surface area contributed by atoms with Crippen LogP contribution in [0, 0.1) is 5.92 Å². The maximum absolute atomic E-state index is 13.0. The van der Waals surface area contributed by atoms with Gasteiger partial charge in [0.15, 0.2) is 0 Å². The number of H-pyrrole nitrogens is 1. The molecule has 1 saturated heterocycles. The van der Waals surface area contributed by atoms with Crippen molar-refractivity contribution >= 4 is 16.9 Å². The molecule has 1 unspecified atom stereocenters. The Balaban J connectivity index is 1.51. The van der Waals surface area contributed by atoms with E-state index in [1.807, 2.05) is 42.5 Å². The number of fused-ring (bicyclic) bond motifs is 1. The van der Waals surface area contributed by atoms with E-state index in [0.29, 0.717) is 11.5 Å². The Morgan fingerprint density at radius 2 is 1.93 bits per heavy atom. The summed E-state index contributed by atoms with van der Waals surface area (Å²) in [6.45, 7) is 7.55. The zero-order valence-corrected chi connectivity index (χ0v) is 17.3. The number of carbonyl (C=O) groups is 1. The molecule has 2 aromatic carbocycles. The van der Waals surface area contributed by atoms with E-state index in [9.17, 15) is 4.79 Å². The summed E-state index contributed by atoms with van der Waals surface area (Å²) < 4.78 is 0. The number of likely N-dealkylation sites (tertiary alicyclic amines) is 1. The van der Waals surface area contributed by atoms with Crippen LogP contribution >= 0.6 is 0 Å². The molecule has 29 heavy (non-hydrogen) atoms. The molecule has 1 atom stereocenters. The summed E-state index contributed by atoms with van der Waals surface area (Å²) in [4.78, 5) is 23.6. The van der Waals surface area contributed by atoms with E-state index in [4.69, 9.17) is 4.98 Å². The van der Waals surface area contributed by atoms with Gasteiger partial charge in [0.05, 0.1) is 17.1 Å². The number of nitrogens with one attached hydrogen (secondary N) is 2. The molecule has 0 bridgehead atoms. The monoisotopic (exact) mass is 390 g/mol. The molecule has 1 amide bonds. The minimum absolute atomic E-state index is 0.0422. The van der Waals surface area contributed by atoms with Gasteiger partial charge in [-0.05, 0) is 68.1 Å². The standard InChI is InChI=1S/C24H30N4O/c1-17(2)14-22(23-25-20-10-3-4-11-21(20)26-23)27-24(29)19-9-7-8-18(15-19)16-28-12-5-6-13-28/h3-4,7-11,15,17,22H,5-6,12-14,16H2,1-2H3,(H,25,26)(H,27,29). The van der Waals surface area contributed by atoms with E-state index >= 15 is 0 Å². The first-order valence-electron chi connectivity index (χ1n) is 10.7. The Morgan fingerprint density at radius 1 is 1.14 bits per heavy atom. The highest BCUT2D eigenvalue weighted by Crippen LogP contribution is 2.23. The predicted octanol–water partition coefficient (Wildman–Crippen LogP) is 4.68. The van der Waals surface area contributed by atoms with Crippen molar-refractivity contribution in [2.75, 3.05) is 13.1 Å². The zero-order chi connectivity index (χ0) is 20.2. The minimum Gasteiger partial charge on any atom is -0.342 e. The van der Waals surface area contributed by atoms with Crippen LogP contribution in [-0.2, 0) is 6.54 Å². The summed E-state index contributed by atoms with van der Waals surface area (Å²) in [6, 6.07) is 15.9. The number of imidazole rings is 1. The Kier molecular flexibility index (Phi) is 5.95. The molecule has 2 N–H and O–H groups in total. The summed E-state index contributed by atoms with van der Waals surface area (Å²) in [7, 11) is 0. The number of para-hydroxylation sites is 2. The van der Waals surface area contributed by atoms with Crippen molar-refractivity contribution in [2.45, 2.75) is 45.7 Å². The van der Waals surface area contributed by atoms with Gasteiger partial charge in [-0.2, -0.15) is 0 Å². The maximum Gasteiger partial charge on any atom is 0.251 e. The minimum atomic E-state index is -0.142. The van der Waals surface area contributed by atoms with Crippen LogP contribution < -0.4 is 5.32 Å². The van der Waals surface area contributed by atoms with Gasteiger partial charge in [-0.15, -0.1) is 0 Å². The number of aromatic amines is 1. The fourth-order valence-corrected chi connectivity index (χ4v) is 4.10. The predicted molar refractivity (Wildman–Crippen MR) is 117 cm³/mol. The van der Waals surface area contributed by atoms with Crippen LogP contribution in [0.2, 0.25) is 0 Å². The highest BCUT2D eigenvalue weighted by atomic mass is 16.1. The molecule has 1 aliphatic heterocycles. The van der Waals surface area contributed by atoms with Crippen molar-refractivity contribution in [2.24, 2.45) is 5.92 Å². The van der Waals surface area contributed by atoms with E-state index in [1.165, 1.54) is 18.4 Å². The highest BCUT2D eigenvalue weighted by Gasteiger charge is 2.21. The van der Waals surface area contributed by atoms with Crippen molar-refractivity contribution < 1.29 is 4.79 Å². The van der Waals surface area contributed by atoms with Crippen LogP contribution in [0.1, 0.15) is 60.9 Å². The number of hydrogen-bond acceptors (Lipinski definition) is 3. The molecule has 0 aliphatic carbocycles. The second kappa shape index (κ2) is 8.78. The number of amides is 1. The van der Waals surface area contributed by atoms with E-state index in [0.717, 1.165) is 42.9 Å². The first-order chi connectivity index (χ1) is 14.1. The molecule has 2 heterocycles. The number of rotatable bonds is 7. The average Bonchev–Trinajstić information content (AvgIpc) is 3.36. The SMILES string of the molecule is CC(C)CC(NC(=O)c1cccc(CN2CCCC2)c1)c1nc2ccccc2[nH]1. The number of nitrogens with zero attached hydrogens (tertiary/aromatic N) is 2. The number of carbonyl (C=O) groups excluding carboxylic acids is 1. The first-order valence-corrected chi connectivity index (χ1v) is 10.7. The summed E-state index contributed by atoms with van der Waals surface area (Å²) in [5.74, 6) is 1.22. The third-order valence-corrected chi connectivity index (χ3v) is 5.54. The molecular weight excluding hydrogens is 360 g/mol. The summed E-state index contributed by atoms with van der Waals surface area (Å²) >= 11 is 0. The largest absolute Gasteiger partial charge is 0.342 e. The van der Waals surface area contributed by atoms with Gasteiger partial charge in [0.1, 0.15) is 5.82 Å². The van der Waals surface area contributed by atoms with Crippen LogP contribution in [0.15, 0.2) is 48.5 Å². The van der Waals surface area contributed by atoms with Crippen molar-refractivity contribution in [1.29, 1.82) is 0 Å². The van der Waals surface area contributed by atoms with Crippen molar-refractivity contribution in [3.8, 4) is 0 Å². The van der Waals surface area contributed by atoms with Gasteiger partial charge in [0.25, 0.3) is 5.91 Å². The lowest BCUT2D eigenvalue weighted by molar-refractivity contribution is 0.0930. The van der Waals surface area contributed by atoms with E-state index < -0.39 is 0 Å². The van der Waals surface area contributed by atoms with E-state index in [2.05, 4.69) is 35.1 Å². The van der Waals surface area contributed by atoms with Gasteiger partial charge in [0.2, 0.25) is 0 Å². The lowest BCUT2D eigenvalue weighted by Gasteiger charge is -2.19. The number of aromatic nitrogens is 2. The van der Waals surface area contributed by atoms with Gasteiger partial charge in [-0.1, -0.05) is 38.1 Å². The molecule has 3 aromatic rings. The van der Waals surface area contributed by atoms with Crippen molar-refractivity contribution in [3.63, 3.8) is 0 Å². The van der Waals surface area contributed by atoms with Crippen molar-refractivity contribution in [1.82, 2.24) is 20.2 Å². The third-order valence-electron chi connectivity index (χ3n) is 5.54. The molecule has 5 heteroatoms. The Bertz CT molecular complexity index is 939. The second-order valence-electron chi connectivity index (χ2n) is 8.48. The molecule has 1 aliphatic rings. The number of benzene rings is 2. The maximum atomic E-state index is 13.0. The molecule has 4 rings (SSSR count). The number of hydrogen-bond donors (Lipinski definition) is 2. The second-order valence-corrected chi connectivity index (χ2v) is 8.48. The molecule has 0 radical (unpaired) electrons. The molecule has 1 fully saturated rings. The summed E-state index contributed by atoms with van der Waals surface area (Å²) in [6.07, 6.45) is 3.38. The highest BCUT2D eigenvalue weighted by molar-refractivity contribution is 5.94. The molecule has 0 spiro atoms. The topological polar surface area (TPSA) is 61.0 Å². The van der Waals surface area contributed by atoms with Crippen LogP contribution in [0.3, 0.4) is 0 Å². The Labute approximate surface area is 172 Å². The van der Waals surface area contributed by atoms with E-state index in [-0.39, 0.29) is 11.9 Å². The van der Waals surface area contributed by atoms with Crippen LogP contribution in [0.25, 0.3) is 11.0 Å². The molecule has 0 saturated carbocycles. The van der Waals surface area contributed by atoms with E-state index in [1.54, 1.807) is 0 Å². The zero-order valence-electron chi connectivity index (χ0n) is 17.3. The lowest BCUT2D eigenvalue weighted by Crippen LogP contribution is -2.30. The van der Waals surface area contributed by atoms with Gasteiger partial charge in [-0.25, -0.2) is 4.98 Å². The Hall–Kier alpha value is -2.66. The molecule has 1 aromatic heterocycles. The Morgan fingerprint density at radius 3 is 2.69 bits per heavy atom. The summed E-state index contributed by atoms with van der Waals surface area (Å²) in [5.41, 5.74) is 3.84. The fourth-order valence-electron chi connectivity index (χ4n) is 4.10. The molecule has 5 nitrogen and oxygen atoms in total. The normalized spacial score (nSPS) is 15.8. The molecular formula is C24H30N4O. The van der Waals surface area contributed by atoms with Crippen LogP contribution in [0.4, 0.5) is 0 Å². The first kappa shape index (κ1) is 19.6. The van der Waals surface area contributed by atoms with Crippen molar-refractivity contribution in [3.05, 3.63) is 65.5 Å². The van der Waals surface area contributed by atoms with Crippen LogP contribution in [-0.4, -0.2) is 33.9 Å². The smallest absolute Gasteiger partial charge is 0.251 e. The van der Waals surface area contributed by atoms with Gasteiger partial charge in [0, 0.05) is 12.1 Å². The fraction of sp³-hybridized carbons (Fsp3) is 0.417. The quantitative estimate of drug-likeness (QED) is 0.616. The third kappa shape index (κ3) is 4.85. The van der Waals surface area contributed by atoms with Gasteiger partial charge < -0.3 is 10.3 Å². The average molecular weight is 391 g/mol. The summed E-state index contributed by atoms with van der Waals surface area (Å²) in [5, 5.41) is 3.22.